The fourth-order valence-electron chi connectivity index (χ4n) is 6.26. The number of rotatable bonds is 18. The van der Waals surface area contributed by atoms with E-state index in [1.807, 2.05) is 145 Å². The van der Waals surface area contributed by atoms with E-state index in [-0.39, 0.29) is 11.6 Å². The lowest BCUT2D eigenvalue weighted by atomic mass is 10.1. The number of aromatic nitrogens is 4. The second-order valence-electron chi connectivity index (χ2n) is 14.6. The molecule has 0 N–H and O–H groups in total. The van der Waals surface area contributed by atoms with Crippen LogP contribution in [0.5, 0.6) is 23.3 Å². The predicted octanol–water partition coefficient (Wildman–Crippen LogP) is 11.0. The Bertz CT molecular complexity index is 2570. The van der Waals surface area contributed by atoms with Gasteiger partial charge in [-0.25, -0.2) is 8.78 Å². The van der Waals surface area contributed by atoms with Crippen LogP contribution in [0.1, 0.15) is 39.1 Å². The highest BCUT2D eigenvalue weighted by Crippen LogP contribution is 2.30. The summed E-state index contributed by atoms with van der Waals surface area (Å²) in [4.78, 5) is 1.93. The van der Waals surface area contributed by atoms with E-state index in [0.29, 0.717) is 68.5 Å². The SMILES string of the molecule is CN(Cc1ccc(F)cc1)c1cc(OCc2ccccc2)c(OCc2ccccc2)nn1.Fc1ccc(CCc2cc(OCc3ccccc3)c(OCc3ccccc3)nn2)cc1. The highest BCUT2D eigenvalue weighted by atomic mass is 19.1. The molecule has 0 saturated heterocycles. The number of nitrogens with zero attached hydrogens (tertiary/aromatic N) is 5. The Balaban J connectivity index is 0.000000189. The van der Waals surface area contributed by atoms with E-state index in [0.717, 1.165) is 45.5 Å². The minimum absolute atomic E-state index is 0.236. The number of hydrogen-bond acceptors (Lipinski definition) is 9. The van der Waals surface area contributed by atoms with Crippen molar-refractivity contribution in [2.24, 2.45) is 0 Å². The van der Waals surface area contributed by atoms with Crippen LogP contribution in [0.15, 0.2) is 182 Å². The van der Waals surface area contributed by atoms with Gasteiger partial charge in [0.1, 0.15) is 38.1 Å². The zero-order valence-electron chi connectivity index (χ0n) is 34.9. The van der Waals surface area contributed by atoms with Crippen molar-refractivity contribution in [3.05, 3.63) is 233 Å². The van der Waals surface area contributed by atoms with Gasteiger partial charge in [-0.3, -0.25) is 0 Å². The largest absolute Gasteiger partial charge is 0.483 e. The van der Waals surface area contributed by atoms with E-state index in [1.54, 1.807) is 24.3 Å². The van der Waals surface area contributed by atoms with E-state index in [9.17, 15) is 8.78 Å². The van der Waals surface area contributed by atoms with Crippen molar-refractivity contribution < 1.29 is 27.7 Å². The molecule has 0 radical (unpaired) electrons. The van der Waals surface area contributed by atoms with Gasteiger partial charge in [0.15, 0.2) is 17.3 Å². The average Bonchev–Trinajstić information content (AvgIpc) is 3.33. The van der Waals surface area contributed by atoms with Gasteiger partial charge in [-0.05, 0) is 70.5 Å². The van der Waals surface area contributed by atoms with Crippen molar-refractivity contribution in [3.8, 4) is 23.3 Å². The molecule has 8 rings (SSSR count). The van der Waals surface area contributed by atoms with Crippen LogP contribution in [0.3, 0.4) is 0 Å². The Morgan fingerprint density at radius 2 is 0.794 bits per heavy atom. The molecule has 6 aromatic carbocycles. The second-order valence-corrected chi connectivity index (χ2v) is 14.6. The first-order valence-electron chi connectivity index (χ1n) is 20.5. The maximum absolute atomic E-state index is 13.2. The van der Waals surface area contributed by atoms with Gasteiger partial charge in [0, 0.05) is 25.7 Å². The van der Waals surface area contributed by atoms with Gasteiger partial charge in [0.05, 0.1) is 5.69 Å². The third-order valence-corrected chi connectivity index (χ3v) is 9.71. The smallest absolute Gasteiger partial charge is 0.276 e. The topological polar surface area (TPSA) is 91.7 Å². The van der Waals surface area contributed by atoms with Crippen LogP contribution in [-0.2, 0) is 45.8 Å². The van der Waals surface area contributed by atoms with Crippen molar-refractivity contribution in [1.82, 2.24) is 20.4 Å². The first kappa shape index (κ1) is 43.4. The molecule has 2 aromatic heterocycles. The Morgan fingerprint density at radius 1 is 0.397 bits per heavy atom. The summed E-state index contributed by atoms with van der Waals surface area (Å²) in [7, 11) is 1.90. The maximum Gasteiger partial charge on any atom is 0.276 e. The number of ether oxygens (including phenoxy) is 4. The number of halogens is 2. The van der Waals surface area contributed by atoms with Gasteiger partial charge in [-0.1, -0.05) is 146 Å². The number of benzene rings is 6. The van der Waals surface area contributed by atoms with Crippen LogP contribution < -0.4 is 23.8 Å². The van der Waals surface area contributed by atoms with Crippen LogP contribution in [0.2, 0.25) is 0 Å². The van der Waals surface area contributed by atoms with E-state index in [2.05, 4.69) is 20.4 Å². The summed E-state index contributed by atoms with van der Waals surface area (Å²) in [5.41, 5.74) is 6.96. The summed E-state index contributed by atoms with van der Waals surface area (Å²) in [6.07, 6.45) is 1.40. The van der Waals surface area contributed by atoms with Crippen molar-refractivity contribution in [3.63, 3.8) is 0 Å². The second kappa shape index (κ2) is 22.8. The third kappa shape index (κ3) is 13.9. The van der Waals surface area contributed by atoms with Crippen molar-refractivity contribution in [2.45, 2.75) is 45.8 Å². The summed E-state index contributed by atoms with van der Waals surface area (Å²) < 4.78 is 50.2. The van der Waals surface area contributed by atoms with E-state index in [4.69, 9.17) is 18.9 Å². The summed E-state index contributed by atoms with van der Waals surface area (Å²) in [6.45, 7) is 2.09. The van der Waals surface area contributed by atoms with Crippen molar-refractivity contribution in [2.75, 3.05) is 11.9 Å². The van der Waals surface area contributed by atoms with Crippen molar-refractivity contribution >= 4 is 5.82 Å². The van der Waals surface area contributed by atoms with Gasteiger partial charge >= 0.3 is 0 Å². The van der Waals surface area contributed by atoms with Gasteiger partial charge in [-0.15, -0.1) is 15.3 Å². The fourth-order valence-corrected chi connectivity index (χ4v) is 6.26. The predicted molar refractivity (Wildman–Crippen MR) is 239 cm³/mol. The van der Waals surface area contributed by atoms with E-state index < -0.39 is 0 Å². The zero-order valence-corrected chi connectivity index (χ0v) is 34.9. The molecule has 0 unspecified atom stereocenters. The molecule has 11 heteroatoms. The molecule has 0 aliphatic rings. The van der Waals surface area contributed by atoms with Gasteiger partial charge in [0.25, 0.3) is 11.8 Å². The Hall–Kier alpha value is -7.66. The Kier molecular flexibility index (Phi) is 15.7. The van der Waals surface area contributed by atoms with Crippen LogP contribution in [0.25, 0.3) is 0 Å². The standard InChI is InChI=1S/C26H24FN3O2.C26H23FN2O2/c1-30(17-20-12-14-23(27)15-13-20)25-16-24(31-18-21-8-4-2-5-9-21)26(29-28-25)32-19-22-10-6-3-7-11-22;27-23-14-11-20(12-15-23)13-16-24-17-25(30-18-21-7-3-1-4-8-21)26(29-28-24)31-19-22-9-5-2-6-10-22/h2-16H,17-19H2,1H3;1-12,14-15,17H,13,16,18-19H2. The molecule has 0 aliphatic carbocycles. The monoisotopic (exact) mass is 843 g/mol. The molecule has 0 fully saturated rings. The summed E-state index contributed by atoms with van der Waals surface area (Å²) in [5, 5.41) is 17.2. The minimum Gasteiger partial charge on any atom is -0.483 e. The Morgan fingerprint density at radius 3 is 1.25 bits per heavy atom. The molecule has 0 bridgehead atoms. The van der Waals surface area contributed by atoms with E-state index >= 15 is 0 Å². The van der Waals surface area contributed by atoms with E-state index in [1.165, 1.54) is 24.3 Å². The molecule has 0 amide bonds. The molecule has 0 saturated carbocycles. The third-order valence-electron chi connectivity index (χ3n) is 9.71. The lowest BCUT2D eigenvalue weighted by Crippen LogP contribution is -2.18. The maximum atomic E-state index is 13.2. The molecule has 8 aromatic rings. The molecular formula is C52H47F2N5O4. The molecule has 0 atom stereocenters. The molecule has 318 valence electrons. The summed E-state index contributed by atoms with van der Waals surface area (Å²) >= 11 is 0. The van der Waals surface area contributed by atoms with Crippen LogP contribution in [-0.4, -0.2) is 27.4 Å². The number of anilines is 1. The highest BCUT2D eigenvalue weighted by molar-refractivity contribution is 5.47. The summed E-state index contributed by atoms with van der Waals surface area (Å²) in [6, 6.07) is 56.2. The van der Waals surface area contributed by atoms with Gasteiger partial charge in [0.2, 0.25) is 0 Å². The lowest BCUT2D eigenvalue weighted by Gasteiger charge is -2.19. The molecule has 0 aliphatic heterocycles. The van der Waals surface area contributed by atoms with Crippen molar-refractivity contribution in [1.29, 1.82) is 0 Å². The molecular weight excluding hydrogens is 797 g/mol. The lowest BCUT2D eigenvalue weighted by molar-refractivity contribution is 0.243. The highest BCUT2D eigenvalue weighted by Gasteiger charge is 2.15. The summed E-state index contributed by atoms with van der Waals surface area (Å²) in [5.74, 6) is 1.91. The van der Waals surface area contributed by atoms with Crippen LogP contribution in [0, 0.1) is 11.6 Å². The zero-order chi connectivity index (χ0) is 43.5. The fraction of sp³-hybridized carbons (Fsp3) is 0.154. The van der Waals surface area contributed by atoms with Crippen LogP contribution in [0.4, 0.5) is 14.6 Å². The minimum atomic E-state index is -0.257. The quantitative estimate of drug-likeness (QED) is 0.0837. The van der Waals surface area contributed by atoms with Gasteiger partial charge < -0.3 is 23.8 Å². The van der Waals surface area contributed by atoms with Gasteiger partial charge in [-0.2, -0.15) is 5.10 Å². The molecule has 63 heavy (non-hydrogen) atoms. The molecule has 0 spiro atoms. The number of aryl methyl sites for hydroxylation is 2. The van der Waals surface area contributed by atoms with Crippen LogP contribution >= 0.6 is 0 Å². The molecule has 9 nitrogen and oxygen atoms in total. The average molecular weight is 844 g/mol. The number of hydrogen-bond donors (Lipinski definition) is 0. The Labute approximate surface area is 366 Å². The first-order chi connectivity index (χ1) is 30.9. The normalized spacial score (nSPS) is 10.6. The molecule has 2 heterocycles. The first-order valence-corrected chi connectivity index (χ1v) is 20.5.